The van der Waals surface area contributed by atoms with Gasteiger partial charge >= 0.3 is 0 Å². The highest BCUT2D eigenvalue weighted by Gasteiger charge is 2.64. The normalized spacial score (nSPS) is 56.8. The van der Waals surface area contributed by atoms with E-state index in [0.717, 1.165) is 51.5 Å². The number of Topliss-reactive ketones (excluding diaryl/α,β-unsaturated/α-hetero) is 1. The maximum Gasteiger partial charge on any atom is 0.164 e. The number of rotatable bonds is 2. The smallest absolute Gasteiger partial charge is 0.164 e. The van der Waals surface area contributed by atoms with Crippen molar-refractivity contribution in [3.63, 3.8) is 0 Å². The van der Waals surface area contributed by atoms with Gasteiger partial charge in [0, 0.05) is 12.0 Å². The molecule has 5 heteroatoms. The molecule has 5 nitrogen and oxygen atoms in total. The van der Waals surface area contributed by atoms with Crippen LogP contribution in [0.5, 0.6) is 0 Å². The number of aliphatic hydroxyl groups is 3. The molecule has 5 rings (SSSR count). The Kier molecular flexibility index (Phi) is 5.84. The number of carbonyl (C=O) groups is 1. The standard InChI is InChI=1S/C27H45NO4/c1-14-11-22(31)24(28-13-14)15(2)23-21(30)12-19-16-5-6-18-25(32)20(29)8-10-26(18,3)17(16)7-9-27(19,23)4/h14-24,28-31H,5-13H2,1-4H3. The van der Waals surface area contributed by atoms with Crippen LogP contribution in [0.25, 0.3) is 0 Å². The number of fused-ring (bicyclic) bond motifs is 5. The van der Waals surface area contributed by atoms with Gasteiger partial charge < -0.3 is 20.6 Å². The average molecular weight is 448 g/mol. The monoisotopic (exact) mass is 447 g/mol. The number of nitrogens with one attached hydrogen (secondary N) is 1. The first-order valence-corrected chi connectivity index (χ1v) is 13.4. The summed E-state index contributed by atoms with van der Waals surface area (Å²) in [7, 11) is 0. The molecular formula is C27H45NO4. The Morgan fingerprint density at radius 2 is 1.66 bits per heavy atom. The van der Waals surface area contributed by atoms with E-state index in [2.05, 4.69) is 33.0 Å². The SMILES string of the molecule is CC1CNC(C(C)C2C(O)CC3C4CCC5C(=O)C(O)CCC5(C)C4CCC32C)C(O)C1. The summed E-state index contributed by atoms with van der Waals surface area (Å²) < 4.78 is 0. The minimum Gasteiger partial charge on any atom is -0.393 e. The average Bonchev–Trinajstić information content (AvgIpc) is 3.01. The fourth-order valence-corrected chi connectivity index (χ4v) is 9.98. The van der Waals surface area contributed by atoms with Crippen molar-refractivity contribution in [3.05, 3.63) is 0 Å². The second kappa shape index (κ2) is 8.03. The molecule has 0 spiro atoms. The summed E-state index contributed by atoms with van der Waals surface area (Å²) in [6.07, 6.45) is 6.05. The molecule has 1 heterocycles. The lowest BCUT2D eigenvalue weighted by atomic mass is 9.44. The van der Waals surface area contributed by atoms with Gasteiger partial charge in [-0.3, -0.25) is 4.79 Å². The third-order valence-corrected chi connectivity index (χ3v) is 11.5. The highest BCUT2D eigenvalue weighted by molar-refractivity contribution is 5.87. The van der Waals surface area contributed by atoms with Gasteiger partial charge in [0.15, 0.2) is 5.78 Å². The van der Waals surface area contributed by atoms with E-state index in [1.165, 1.54) is 0 Å². The van der Waals surface area contributed by atoms with Gasteiger partial charge in [0.1, 0.15) is 6.10 Å². The molecule has 0 aromatic heterocycles. The van der Waals surface area contributed by atoms with Crippen LogP contribution >= 0.6 is 0 Å². The summed E-state index contributed by atoms with van der Waals surface area (Å²) in [4.78, 5) is 12.8. The van der Waals surface area contributed by atoms with Gasteiger partial charge in [0.25, 0.3) is 0 Å². The van der Waals surface area contributed by atoms with Gasteiger partial charge in [-0.25, -0.2) is 0 Å². The maximum absolute atomic E-state index is 12.8. The van der Waals surface area contributed by atoms with Crippen LogP contribution in [0.2, 0.25) is 0 Å². The third-order valence-electron chi connectivity index (χ3n) is 11.5. The summed E-state index contributed by atoms with van der Waals surface area (Å²) in [6.45, 7) is 10.1. The zero-order valence-corrected chi connectivity index (χ0v) is 20.5. The summed E-state index contributed by atoms with van der Waals surface area (Å²) in [5.41, 5.74) is 0.0956. The van der Waals surface area contributed by atoms with Gasteiger partial charge in [-0.05, 0) is 104 Å². The molecule has 0 aromatic rings. The third kappa shape index (κ3) is 3.28. The quantitative estimate of drug-likeness (QED) is 0.522. The molecule has 1 aliphatic heterocycles. The van der Waals surface area contributed by atoms with Crippen LogP contribution < -0.4 is 5.32 Å². The van der Waals surface area contributed by atoms with Crippen LogP contribution in [-0.4, -0.2) is 52.0 Å². The lowest BCUT2D eigenvalue weighted by Crippen LogP contribution is -2.58. The molecule has 0 aromatic carbocycles. The van der Waals surface area contributed by atoms with E-state index in [-0.39, 0.29) is 52.6 Å². The largest absolute Gasteiger partial charge is 0.393 e. The van der Waals surface area contributed by atoms with Crippen molar-refractivity contribution in [2.75, 3.05) is 6.54 Å². The minimum absolute atomic E-state index is 0.00642. The molecule has 182 valence electrons. The van der Waals surface area contributed by atoms with Crippen LogP contribution in [0, 0.1) is 52.3 Å². The molecular weight excluding hydrogens is 402 g/mol. The van der Waals surface area contributed by atoms with Gasteiger partial charge in [0.2, 0.25) is 0 Å². The van der Waals surface area contributed by atoms with E-state index in [0.29, 0.717) is 30.1 Å². The second-order valence-corrected chi connectivity index (χ2v) is 13.0. The summed E-state index contributed by atoms with van der Waals surface area (Å²) in [5, 5.41) is 36.0. The van der Waals surface area contributed by atoms with Gasteiger partial charge in [-0.2, -0.15) is 0 Å². The highest BCUT2D eigenvalue weighted by atomic mass is 16.3. The predicted octanol–water partition coefficient (Wildman–Crippen LogP) is 3.15. The summed E-state index contributed by atoms with van der Waals surface area (Å²) >= 11 is 0. The van der Waals surface area contributed by atoms with Crippen LogP contribution in [0.4, 0.5) is 0 Å². The van der Waals surface area contributed by atoms with E-state index in [9.17, 15) is 20.1 Å². The number of carbonyl (C=O) groups excluding carboxylic acids is 1. The molecule has 0 radical (unpaired) electrons. The van der Waals surface area contributed by atoms with Gasteiger partial charge in [-0.15, -0.1) is 0 Å². The summed E-state index contributed by atoms with van der Waals surface area (Å²) in [5.74, 6) is 2.62. The second-order valence-electron chi connectivity index (χ2n) is 13.0. The van der Waals surface area contributed by atoms with Crippen molar-refractivity contribution in [3.8, 4) is 0 Å². The fourth-order valence-electron chi connectivity index (χ4n) is 9.98. The van der Waals surface area contributed by atoms with Crippen molar-refractivity contribution >= 4 is 5.78 Å². The zero-order chi connectivity index (χ0) is 23.0. The Morgan fingerprint density at radius 1 is 0.938 bits per heavy atom. The van der Waals surface area contributed by atoms with E-state index < -0.39 is 6.10 Å². The molecule has 1 saturated heterocycles. The molecule has 4 saturated carbocycles. The molecule has 4 N–H and O–H groups in total. The van der Waals surface area contributed by atoms with Gasteiger partial charge in [0.05, 0.1) is 12.2 Å². The van der Waals surface area contributed by atoms with Crippen LogP contribution in [0.1, 0.15) is 79.1 Å². The summed E-state index contributed by atoms with van der Waals surface area (Å²) in [6, 6.07) is 0.0601. The lowest BCUT2D eigenvalue weighted by Gasteiger charge is -2.60. The first-order valence-electron chi connectivity index (χ1n) is 13.4. The number of hydrogen-bond acceptors (Lipinski definition) is 5. The Hall–Kier alpha value is -0.490. The van der Waals surface area contributed by atoms with Crippen molar-refractivity contribution < 1.29 is 20.1 Å². The van der Waals surface area contributed by atoms with Crippen LogP contribution in [-0.2, 0) is 4.79 Å². The number of hydrogen-bond donors (Lipinski definition) is 4. The maximum atomic E-state index is 12.8. The van der Waals surface area contributed by atoms with E-state index in [4.69, 9.17) is 0 Å². The van der Waals surface area contributed by atoms with Crippen molar-refractivity contribution in [2.45, 2.75) is 103 Å². The first-order chi connectivity index (χ1) is 15.1. The van der Waals surface area contributed by atoms with Crippen LogP contribution in [0.3, 0.4) is 0 Å². The van der Waals surface area contributed by atoms with Crippen molar-refractivity contribution in [2.24, 2.45) is 52.3 Å². The molecule has 5 aliphatic rings. The Morgan fingerprint density at radius 3 is 2.38 bits per heavy atom. The van der Waals surface area contributed by atoms with Crippen molar-refractivity contribution in [1.82, 2.24) is 5.32 Å². The van der Waals surface area contributed by atoms with E-state index >= 15 is 0 Å². The number of piperidine rings is 1. The molecule has 0 bridgehead atoms. The molecule has 0 amide bonds. The fraction of sp³-hybridized carbons (Fsp3) is 0.963. The van der Waals surface area contributed by atoms with Gasteiger partial charge in [-0.1, -0.05) is 27.7 Å². The lowest BCUT2D eigenvalue weighted by molar-refractivity contribution is -0.161. The Balaban J connectivity index is 1.39. The molecule has 13 unspecified atom stereocenters. The molecule has 5 fully saturated rings. The minimum atomic E-state index is -0.755. The Labute approximate surface area is 193 Å². The zero-order valence-electron chi connectivity index (χ0n) is 20.5. The van der Waals surface area contributed by atoms with E-state index in [1.54, 1.807) is 0 Å². The molecule has 4 aliphatic carbocycles. The molecule has 32 heavy (non-hydrogen) atoms. The van der Waals surface area contributed by atoms with Crippen molar-refractivity contribution in [1.29, 1.82) is 0 Å². The first kappa shape index (κ1) is 23.3. The van der Waals surface area contributed by atoms with Crippen LogP contribution in [0.15, 0.2) is 0 Å². The highest BCUT2D eigenvalue weighted by Crippen LogP contribution is 2.68. The number of ketones is 1. The predicted molar refractivity (Wildman–Crippen MR) is 124 cm³/mol. The Bertz CT molecular complexity index is 743. The number of aliphatic hydroxyl groups excluding tert-OH is 3. The topological polar surface area (TPSA) is 89.8 Å². The van der Waals surface area contributed by atoms with E-state index in [1.807, 2.05) is 0 Å². The molecule has 13 atom stereocenters.